The summed E-state index contributed by atoms with van der Waals surface area (Å²) in [5, 5.41) is 8.63. The van der Waals surface area contributed by atoms with Gasteiger partial charge >= 0.3 is 0 Å². The van der Waals surface area contributed by atoms with Crippen molar-refractivity contribution in [1.82, 2.24) is 9.88 Å². The average Bonchev–Trinajstić information content (AvgIpc) is 2.67. The van der Waals surface area contributed by atoms with Gasteiger partial charge in [0.15, 0.2) is 0 Å². The number of nitrogens with zero attached hydrogens (tertiary/aromatic N) is 3. The lowest BCUT2D eigenvalue weighted by Gasteiger charge is -2.18. The minimum atomic E-state index is 0.610. The zero-order chi connectivity index (χ0) is 11.1. The lowest BCUT2D eigenvalue weighted by Crippen LogP contribution is -2.17. The molecule has 2 heterocycles. The second kappa shape index (κ2) is 6.44. The van der Waals surface area contributed by atoms with Crippen LogP contribution in [0.2, 0.25) is 0 Å². The van der Waals surface area contributed by atoms with Crippen molar-refractivity contribution >= 4 is 12.6 Å². The molecule has 3 nitrogen and oxygen atoms in total. The van der Waals surface area contributed by atoms with Crippen LogP contribution in [0.25, 0.3) is 0 Å². The quantitative estimate of drug-likeness (QED) is 0.584. The van der Waals surface area contributed by atoms with Gasteiger partial charge in [-0.1, -0.05) is 18.7 Å². The van der Waals surface area contributed by atoms with E-state index in [1.165, 1.54) is 30.4 Å². The topological polar surface area (TPSA) is 39.9 Å². The molecule has 0 N–H and O–H groups in total. The van der Waals surface area contributed by atoms with Gasteiger partial charge in [0, 0.05) is 18.4 Å². The van der Waals surface area contributed by atoms with Gasteiger partial charge in [-0.15, -0.1) is 0 Å². The van der Waals surface area contributed by atoms with Crippen molar-refractivity contribution in [3.8, 4) is 5.40 Å². The summed E-state index contributed by atoms with van der Waals surface area (Å²) >= 11 is 3.09. The Bertz CT molecular complexity index is 320. The molecule has 0 aliphatic carbocycles. The predicted octanol–water partition coefficient (Wildman–Crippen LogP) is 2.25. The smallest absolute Gasteiger partial charge is 0.130 e. The standard InChI is InChI=1S/C10H14N2.CHNS/c1-12-7-3-5-10(12)9-4-2-6-11-8-9;2-1-3/h2,4,6,8,10H,3,5,7H2,1H3;3H. The van der Waals surface area contributed by atoms with E-state index in [0.29, 0.717) is 6.04 Å². The number of thiol groups is 1. The van der Waals surface area contributed by atoms with E-state index in [9.17, 15) is 0 Å². The van der Waals surface area contributed by atoms with Crippen molar-refractivity contribution in [1.29, 1.82) is 5.26 Å². The molecule has 0 aromatic carbocycles. The third-order valence-corrected chi connectivity index (χ3v) is 2.59. The average molecular weight is 221 g/mol. The summed E-state index contributed by atoms with van der Waals surface area (Å²) in [5.41, 5.74) is 1.36. The molecule has 0 bridgehead atoms. The lowest BCUT2D eigenvalue weighted by atomic mass is 10.1. The van der Waals surface area contributed by atoms with Crippen LogP contribution in [-0.2, 0) is 0 Å². The number of rotatable bonds is 1. The van der Waals surface area contributed by atoms with Crippen molar-refractivity contribution in [3.05, 3.63) is 30.1 Å². The van der Waals surface area contributed by atoms with Gasteiger partial charge in [0.25, 0.3) is 0 Å². The van der Waals surface area contributed by atoms with Crippen LogP contribution >= 0.6 is 12.6 Å². The molecule has 15 heavy (non-hydrogen) atoms. The molecule has 0 saturated carbocycles. The summed E-state index contributed by atoms with van der Waals surface area (Å²) in [4.78, 5) is 6.54. The minimum absolute atomic E-state index is 0.610. The number of nitriles is 1. The zero-order valence-electron chi connectivity index (χ0n) is 8.80. The Morgan fingerprint density at radius 3 is 2.87 bits per heavy atom. The Kier molecular flexibility index (Phi) is 5.16. The van der Waals surface area contributed by atoms with E-state index in [0.717, 1.165) is 0 Å². The van der Waals surface area contributed by atoms with Crippen molar-refractivity contribution in [3.63, 3.8) is 0 Å². The number of likely N-dealkylation sites (tertiary alicyclic amines) is 1. The molecule has 80 valence electrons. The minimum Gasteiger partial charge on any atom is -0.299 e. The Balaban J connectivity index is 0.000000337. The third-order valence-electron chi connectivity index (χ3n) is 2.59. The van der Waals surface area contributed by atoms with Crippen LogP contribution in [0.15, 0.2) is 24.5 Å². The Morgan fingerprint density at radius 2 is 2.40 bits per heavy atom. The van der Waals surface area contributed by atoms with Gasteiger partial charge < -0.3 is 0 Å². The van der Waals surface area contributed by atoms with Gasteiger partial charge in [0.1, 0.15) is 5.40 Å². The van der Waals surface area contributed by atoms with Crippen molar-refractivity contribution in [2.24, 2.45) is 0 Å². The Morgan fingerprint density at radius 1 is 1.67 bits per heavy atom. The highest BCUT2D eigenvalue weighted by molar-refractivity contribution is 7.85. The summed E-state index contributed by atoms with van der Waals surface area (Å²) in [6, 6.07) is 4.79. The first-order valence-electron chi connectivity index (χ1n) is 4.93. The fourth-order valence-corrected chi connectivity index (χ4v) is 1.90. The molecule has 1 aliphatic rings. The van der Waals surface area contributed by atoms with Gasteiger partial charge in [-0.3, -0.25) is 9.88 Å². The molecule has 1 aromatic rings. The fourth-order valence-electron chi connectivity index (χ4n) is 1.90. The van der Waals surface area contributed by atoms with Gasteiger partial charge in [0.2, 0.25) is 0 Å². The van der Waals surface area contributed by atoms with Crippen LogP contribution in [0, 0.1) is 10.7 Å². The predicted molar refractivity (Wildman–Crippen MR) is 63.4 cm³/mol. The molecule has 1 unspecified atom stereocenters. The molecule has 4 heteroatoms. The first kappa shape index (κ1) is 12.0. The normalized spacial score (nSPS) is 20.2. The van der Waals surface area contributed by atoms with E-state index in [1.54, 1.807) is 0 Å². The van der Waals surface area contributed by atoms with Gasteiger partial charge in [-0.2, -0.15) is 5.26 Å². The van der Waals surface area contributed by atoms with Crippen LogP contribution in [0.1, 0.15) is 24.4 Å². The zero-order valence-corrected chi connectivity index (χ0v) is 9.69. The molecule has 0 amide bonds. The Hall–Kier alpha value is -1.05. The molecule has 1 saturated heterocycles. The Labute approximate surface area is 96.1 Å². The molecule has 1 atom stereocenters. The second-order valence-corrected chi connectivity index (χ2v) is 3.72. The van der Waals surface area contributed by atoms with E-state index < -0.39 is 0 Å². The maximum Gasteiger partial charge on any atom is 0.130 e. The molecule has 0 spiro atoms. The molecular formula is C11H15N3S. The summed E-state index contributed by atoms with van der Waals surface area (Å²) in [6.45, 7) is 1.22. The highest BCUT2D eigenvalue weighted by atomic mass is 32.1. The largest absolute Gasteiger partial charge is 0.299 e. The SMILES string of the molecule is CN1CCCC1c1cccnc1.N#CS. The monoisotopic (exact) mass is 221 g/mol. The number of thiocyanates is 1. The van der Waals surface area contributed by atoms with E-state index in [4.69, 9.17) is 5.26 Å². The molecule has 2 rings (SSSR count). The van der Waals surface area contributed by atoms with Crippen molar-refractivity contribution < 1.29 is 0 Å². The van der Waals surface area contributed by atoms with Crippen LogP contribution in [0.4, 0.5) is 0 Å². The first-order valence-corrected chi connectivity index (χ1v) is 5.37. The van der Waals surface area contributed by atoms with Crippen LogP contribution in [-0.4, -0.2) is 23.5 Å². The highest BCUT2D eigenvalue weighted by Gasteiger charge is 2.21. The van der Waals surface area contributed by atoms with Gasteiger partial charge in [-0.05, 0) is 38.1 Å². The van der Waals surface area contributed by atoms with E-state index in [-0.39, 0.29) is 0 Å². The summed E-state index contributed by atoms with van der Waals surface area (Å²) in [7, 11) is 2.19. The van der Waals surface area contributed by atoms with E-state index in [2.05, 4.69) is 35.6 Å². The number of hydrogen-bond donors (Lipinski definition) is 1. The lowest BCUT2D eigenvalue weighted by molar-refractivity contribution is 0.317. The van der Waals surface area contributed by atoms with Crippen LogP contribution in [0.3, 0.4) is 0 Å². The molecule has 1 aromatic heterocycles. The maximum absolute atomic E-state index is 7.18. The third kappa shape index (κ3) is 3.54. The molecular weight excluding hydrogens is 206 g/mol. The van der Waals surface area contributed by atoms with Crippen molar-refractivity contribution in [2.45, 2.75) is 18.9 Å². The fraction of sp³-hybridized carbons (Fsp3) is 0.455. The second-order valence-electron chi connectivity index (χ2n) is 3.52. The molecule has 1 fully saturated rings. The highest BCUT2D eigenvalue weighted by Crippen LogP contribution is 2.29. The summed E-state index contributed by atoms with van der Waals surface area (Å²) in [6.07, 6.45) is 6.41. The van der Waals surface area contributed by atoms with Gasteiger partial charge in [0.05, 0.1) is 0 Å². The number of pyridine rings is 1. The molecule has 0 radical (unpaired) electrons. The number of hydrogen-bond acceptors (Lipinski definition) is 4. The van der Waals surface area contributed by atoms with E-state index in [1.807, 2.05) is 18.5 Å². The maximum atomic E-state index is 7.18. The van der Waals surface area contributed by atoms with Crippen LogP contribution < -0.4 is 0 Å². The number of aromatic nitrogens is 1. The van der Waals surface area contributed by atoms with Gasteiger partial charge in [-0.25, -0.2) is 0 Å². The summed E-state index contributed by atoms with van der Waals surface area (Å²) < 4.78 is 0. The molecule has 1 aliphatic heterocycles. The first-order chi connectivity index (χ1) is 7.29. The van der Waals surface area contributed by atoms with Crippen LogP contribution in [0.5, 0.6) is 0 Å². The van der Waals surface area contributed by atoms with Crippen molar-refractivity contribution in [2.75, 3.05) is 13.6 Å². The summed E-state index contributed by atoms with van der Waals surface area (Å²) in [5.74, 6) is 0. The van der Waals surface area contributed by atoms with E-state index >= 15 is 0 Å².